The van der Waals surface area contributed by atoms with Crippen LogP contribution in [0.5, 0.6) is 0 Å². The minimum absolute atomic E-state index is 0.0995. The molecular formula is C24H23N3OS. The number of rotatable bonds is 6. The van der Waals surface area contributed by atoms with Crippen LogP contribution >= 0.6 is 11.8 Å². The van der Waals surface area contributed by atoms with Crippen LogP contribution in [-0.4, -0.2) is 16.1 Å². The molecule has 1 N–H and O–H groups in total. The van der Waals surface area contributed by atoms with Crippen LogP contribution in [0, 0.1) is 25.2 Å². The van der Waals surface area contributed by atoms with Crippen molar-refractivity contribution in [2.75, 3.05) is 0 Å². The summed E-state index contributed by atoms with van der Waals surface area (Å²) in [5.74, 6) is -0.0995. The summed E-state index contributed by atoms with van der Waals surface area (Å²) in [6.45, 7) is 5.63. The first-order valence-electron chi connectivity index (χ1n) is 9.45. The van der Waals surface area contributed by atoms with Gasteiger partial charge in [-0.25, -0.2) is 4.98 Å². The lowest BCUT2D eigenvalue weighted by Crippen LogP contribution is -2.35. The normalized spacial score (nSPS) is 11.7. The van der Waals surface area contributed by atoms with Gasteiger partial charge in [0.05, 0.1) is 16.9 Å². The van der Waals surface area contributed by atoms with E-state index in [1.165, 1.54) is 11.8 Å². The highest BCUT2D eigenvalue weighted by atomic mass is 32.2. The molecule has 2 aromatic carbocycles. The fourth-order valence-electron chi connectivity index (χ4n) is 3.15. The van der Waals surface area contributed by atoms with Gasteiger partial charge < -0.3 is 5.32 Å². The van der Waals surface area contributed by atoms with Crippen molar-refractivity contribution in [2.24, 2.45) is 0 Å². The van der Waals surface area contributed by atoms with Crippen molar-refractivity contribution in [2.45, 2.75) is 37.1 Å². The van der Waals surface area contributed by atoms with Gasteiger partial charge in [-0.15, -0.1) is 0 Å². The lowest BCUT2D eigenvalue weighted by atomic mass is 9.98. The average molecular weight is 402 g/mol. The first-order chi connectivity index (χ1) is 14.0. The van der Waals surface area contributed by atoms with E-state index in [1.807, 2.05) is 87.5 Å². The first-order valence-corrected chi connectivity index (χ1v) is 10.3. The topological polar surface area (TPSA) is 65.8 Å². The minimum Gasteiger partial charge on any atom is -0.344 e. The van der Waals surface area contributed by atoms with E-state index in [2.05, 4.69) is 16.4 Å². The Morgan fingerprint density at radius 1 is 1.03 bits per heavy atom. The second kappa shape index (κ2) is 9.40. The Labute approximate surface area is 176 Å². The Bertz CT molecular complexity index is 990. The maximum atomic E-state index is 13.0. The minimum atomic E-state index is -0.397. The van der Waals surface area contributed by atoms with E-state index in [0.717, 1.165) is 22.4 Å². The Morgan fingerprint density at radius 2 is 1.59 bits per heavy atom. The van der Waals surface area contributed by atoms with Crippen molar-refractivity contribution in [3.05, 3.63) is 94.7 Å². The molecule has 1 atom stereocenters. The van der Waals surface area contributed by atoms with Crippen molar-refractivity contribution >= 4 is 17.7 Å². The zero-order valence-corrected chi connectivity index (χ0v) is 17.5. The third-order valence-corrected chi connectivity index (χ3v) is 5.72. The van der Waals surface area contributed by atoms with Crippen LogP contribution in [0.25, 0.3) is 0 Å². The zero-order valence-electron chi connectivity index (χ0n) is 16.7. The summed E-state index contributed by atoms with van der Waals surface area (Å²) in [6, 6.07) is 23.7. The summed E-state index contributed by atoms with van der Waals surface area (Å²) < 4.78 is 0. The van der Waals surface area contributed by atoms with Crippen molar-refractivity contribution in [1.29, 1.82) is 5.26 Å². The predicted octanol–water partition coefficient (Wildman–Crippen LogP) is 4.96. The second-order valence-electron chi connectivity index (χ2n) is 6.90. The van der Waals surface area contributed by atoms with E-state index in [-0.39, 0.29) is 11.9 Å². The molecule has 3 rings (SSSR count). The number of carbonyl (C=O) groups excluding carboxylic acids is 1. The third-order valence-electron chi connectivity index (χ3n) is 4.63. The smallest absolute Gasteiger partial charge is 0.234 e. The SMILES string of the molecule is Cc1cc(C)c(C#N)c(SC(C)C(=O)NC(c2ccccc2)c2ccccc2)n1. The number of aromatic nitrogens is 1. The van der Waals surface area contributed by atoms with Crippen LogP contribution in [-0.2, 0) is 4.79 Å². The Morgan fingerprint density at radius 3 is 2.10 bits per heavy atom. The highest BCUT2D eigenvalue weighted by Crippen LogP contribution is 2.29. The third kappa shape index (κ3) is 5.04. The molecular weight excluding hydrogens is 378 g/mol. The van der Waals surface area contributed by atoms with E-state index in [9.17, 15) is 10.1 Å². The molecule has 0 spiro atoms. The molecule has 0 saturated carbocycles. The number of nitriles is 1. The number of hydrogen-bond acceptors (Lipinski definition) is 4. The van der Waals surface area contributed by atoms with Gasteiger partial charge >= 0.3 is 0 Å². The van der Waals surface area contributed by atoms with Crippen molar-refractivity contribution in [1.82, 2.24) is 10.3 Å². The van der Waals surface area contributed by atoms with E-state index in [1.54, 1.807) is 0 Å². The molecule has 146 valence electrons. The predicted molar refractivity (Wildman–Crippen MR) is 117 cm³/mol. The molecule has 4 nitrogen and oxygen atoms in total. The lowest BCUT2D eigenvalue weighted by Gasteiger charge is -2.22. The molecule has 0 fully saturated rings. The summed E-state index contributed by atoms with van der Waals surface area (Å²) in [7, 11) is 0. The molecule has 1 unspecified atom stereocenters. The number of nitrogens with one attached hydrogen (secondary N) is 1. The molecule has 0 bridgehead atoms. The summed E-state index contributed by atoms with van der Waals surface area (Å²) in [6.07, 6.45) is 0. The van der Waals surface area contributed by atoms with Gasteiger partial charge in [0.2, 0.25) is 5.91 Å². The molecule has 0 aliphatic rings. The number of carbonyl (C=O) groups is 1. The van der Waals surface area contributed by atoms with Gasteiger partial charge in [0, 0.05) is 5.69 Å². The van der Waals surface area contributed by atoms with Gasteiger partial charge in [-0.2, -0.15) is 5.26 Å². The van der Waals surface area contributed by atoms with E-state index in [0.29, 0.717) is 10.6 Å². The van der Waals surface area contributed by atoms with Gasteiger partial charge in [-0.05, 0) is 43.5 Å². The summed E-state index contributed by atoms with van der Waals surface area (Å²) in [5, 5.41) is 12.8. The molecule has 5 heteroatoms. The van der Waals surface area contributed by atoms with E-state index < -0.39 is 5.25 Å². The van der Waals surface area contributed by atoms with Crippen LogP contribution in [0.15, 0.2) is 71.8 Å². The maximum absolute atomic E-state index is 13.0. The standard InChI is InChI=1S/C24H23N3OS/c1-16-14-17(2)26-24(21(16)15-25)29-18(3)23(28)27-22(19-10-6-4-7-11-19)20-12-8-5-9-13-20/h4-14,18,22H,1-3H3,(H,27,28). The van der Waals surface area contributed by atoms with Gasteiger partial charge in [0.15, 0.2) is 0 Å². The van der Waals surface area contributed by atoms with Crippen LogP contribution < -0.4 is 5.32 Å². The number of amides is 1. The molecule has 1 amide bonds. The molecule has 3 aromatic rings. The fraction of sp³-hybridized carbons (Fsp3) is 0.208. The quantitative estimate of drug-likeness (QED) is 0.593. The molecule has 1 heterocycles. The second-order valence-corrected chi connectivity index (χ2v) is 8.23. The lowest BCUT2D eigenvalue weighted by molar-refractivity contribution is -0.120. The number of pyridine rings is 1. The Kier molecular flexibility index (Phi) is 6.69. The average Bonchev–Trinajstić information content (AvgIpc) is 2.72. The first kappa shape index (κ1) is 20.6. The molecule has 0 aliphatic heterocycles. The Hall–Kier alpha value is -3.10. The van der Waals surface area contributed by atoms with Crippen molar-refractivity contribution < 1.29 is 4.79 Å². The number of thioether (sulfide) groups is 1. The van der Waals surface area contributed by atoms with Crippen molar-refractivity contribution in [3.8, 4) is 6.07 Å². The molecule has 0 radical (unpaired) electrons. The fourth-order valence-corrected chi connectivity index (χ4v) is 4.19. The highest BCUT2D eigenvalue weighted by molar-refractivity contribution is 8.00. The van der Waals surface area contributed by atoms with Crippen LogP contribution in [0.4, 0.5) is 0 Å². The monoisotopic (exact) mass is 401 g/mol. The molecule has 29 heavy (non-hydrogen) atoms. The van der Waals surface area contributed by atoms with Gasteiger partial charge in [0.1, 0.15) is 11.1 Å². The van der Waals surface area contributed by atoms with E-state index in [4.69, 9.17) is 0 Å². The number of benzene rings is 2. The van der Waals surface area contributed by atoms with Crippen LogP contribution in [0.1, 0.15) is 40.9 Å². The number of hydrogen-bond donors (Lipinski definition) is 1. The van der Waals surface area contributed by atoms with Gasteiger partial charge in [-0.3, -0.25) is 4.79 Å². The summed E-state index contributed by atoms with van der Waals surface area (Å²) >= 11 is 1.32. The maximum Gasteiger partial charge on any atom is 0.234 e. The summed E-state index contributed by atoms with van der Waals surface area (Å²) in [5.41, 5.74) is 4.28. The van der Waals surface area contributed by atoms with Crippen LogP contribution in [0.2, 0.25) is 0 Å². The van der Waals surface area contributed by atoms with Crippen LogP contribution in [0.3, 0.4) is 0 Å². The Balaban J connectivity index is 1.83. The summed E-state index contributed by atoms with van der Waals surface area (Å²) in [4.78, 5) is 17.5. The van der Waals surface area contributed by atoms with Gasteiger partial charge in [-0.1, -0.05) is 72.4 Å². The van der Waals surface area contributed by atoms with Crippen molar-refractivity contribution in [3.63, 3.8) is 0 Å². The molecule has 1 aromatic heterocycles. The molecule has 0 saturated heterocycles. The van der Waals surface area contributed by atoms with Gasteiger partial charge in [0.25, 0.3) is 0 Å². The largest absolute Gasteiger partial charge is 0.344 e. The number of aryl methyl sites for hydroxylation is 2. The zero-order chi connectivity index (χ0) is 20.8. The molecule has 0 aliphatic carbocycles. The van der Waals surface area contributed by atoms with E-state index >= 15 is 0 Å². The number of nitrogens with zero attached hydrogens (tertiary/aromatic N) is 2. The highest BCUT2D eigenvalue weighted by Gasteiger charge is 2.23.